The number of benzene rings is 2. The second-order valence-electron chi connectivity index (χ2n) is 7.09. The molecule has 1 N–H and O–H groups in total. The highest BCUT2D eigenvalue weighted by Crippen LogP contribution is 2.25. The van der Waals surface area contributed by atoms with Gasteiger partial charge in [-0.3, -0.25) is 0 Å². The lowest BCUT2D eigenvalue weighted by molar-refractivity contribution is 0.481. The third kappa shape index (κ3) is 4.57. The first-order valence-corrected chi connectivity index (χ1v) is 10.5. The Bertz CT molecular complexity index is 1250. The van der Waals surface area contributed by atoms with Gasteiger partial charge in [-0.15, -0.1) is 0 Å². The summed E-state index contributed by atoms with van der Waals surface area (Å²) in [4.78, 5) is 4.19. The van der Waals surface area contributed by atoms with Gasteiger partial charge in [-0.05, 0) is 24.3 Å². The molecule has 0 fully saturated rings. The second kappa shape index (κ2) is 8.98. The van der Waals surface area contributed by atoms with Crippen LogP contribution in [0.15, 0.2) is 74.8 Å². The van der Waals surface area contributed by atoms with Gasteiger partial charge in [0.1, 0.15) is 11.8 Å². The SMILES string of the molecule is CC(C)c1nc(C#N)c(N/N=C/c2cn(-c3ccccc3)nc2-c2ccc(Br)cc2)o1. The van der Waals surface area contributed by atoms with Gasteiger partial charge < -0.3 is 4.42 Å². The molecule has 2 heterocycles. The molecule has 4 aromatic rings. The first-order chi connectivity index (χ1) is 15.0. The summed E-state index contributed by atoms with van der Waals surface area (Å²) in [5.74, 6) is 0.782. The number of nitrogens with zero attached hydrogens (tertiary/aromatic N) is 5. The Kier molecular flexibility index (Phi) is 5.96. The first-order valence-electron chi connectivity index (χ1n) is 9.66. The number of para-hydroxylation sites is 1. The predicted molar refractivity (Wildman–Crippen MR) is 123 cm³/mol. The standard InChI is InChI=1S/C23H19BrN6O/c1-15(2)22-27-20(12-25)23(31-22)28-26-13-17-14-30(19-6-4-3-5-7-19)29-21(17)16-8-10-18(24)11-9-16/h3-11,13-15,28H,1-2H3/b26-13+. The fraction of sp³-hybridized carbons (Fsp3) is 0.130. The van der Waals surface area contributed by atoms with Crippen molar-refractivity contribution in [2.45, 2.75) is 19.8 Å². The summed E-state index contributed by atoms with van der Waals surface area (Å²) in [6.07, 6.45) is 3.56. The average molecular weight is 475 g/mol. The number of hydrogen-bond donors (Lipinski definition) is 1. The van der Waals surface area contributed by atoms with Crippen molar-refractivity contribution in [3.8, 4) is 23.0 Å². The summed E-state index contributed by atoms with van der Waals surface area (Å²) >= 11 is 3.47. The van der Waals surface area contributed by atoms with Crippen molar-refractivity contribution in [3.05, 3.63) is 82.4 Å². The number of nitrogens with one attached hydrogen (secondary N) is 1. The molecular formula is C23H19BrN6O. The summed E-state index contributed by atoms with van der Waals surface area (Å²) in [7, 11) is 0. The van der Waals surface area contributed by atoms with Crippen LogP contribution in [0, 0.1) is 11.3 Å². The molecule has 8 heteroatoms. The van der Waals surface area contributed by atoms with E-state index in [-0.39, 0.29) is 17.5 Å². The lowest BCUT2D eigenvalue weighted by Crippen LogP contribution is -1.93. The average Bonchev–Trinajstić information content (AvgIpc) is 3.40. The number of rotatable bonds is 6. The van der Waals surface area contributed by atoms with Crippen LogP contribution in [0.3, 0.4) is 0 Å². The number of hydrazone groups is 1. The van der Waals surface area contributed by atoms with Crippen molar-refractivity contribution in [3.63, 3.8) is 0 Å². The highest BCUT2D eigenvalue weighted by atomic mass is 79.9. The molecule has 0 aliphatic heterocycles. The third-order valence-electron chi connectivity index (χ3n) is 4.49. The summed E-state index contributed by atoms with van der Waals surface area (Å²) in [6.45, 7) is 3.89. The van der Waals surface area contributed by atoms with E-state index < -0.39 is 0 Å². The van der Waals surface area contributed by atoms with Gasteiger partial charge in [0.15, 0.2) is 0 Å². The van der Waals surface area contributed by atoms with Crippen molar-refractivity contribution >= 4 is 28.0 Å². The fourth-order valence-corrected chi connectivity index (χ4v) is 3.19. The maximum Gasteiger partial charge on any atom is 0.252 e. The lowest BCUT2D eigenvalue weighted by Gasteiger charge is -2.01. The van der Waals surface area contributed by atoms with Crippen LogP contribution in [0.5, 0.6) is 0 Å². The van der Waals surface area contributed by atoms with E-state index in [9.17, 15) is 5.26 Å². The van der Waals surface area contributed by atoms with Crippen molar-refractivity contribution in [2.75, 3.05) is 5.43 Å². The molecule has 0 bridgehead atoms. The largest absolute Gasteiger partial charge is 0.422 e. The van der Waals surface area contributed by atoms with Crippen LogP contribution < -0.4 is 5.43 Å². The monoisotopic (exact) mass is 474 g/mol. The van der Waals surface area contributed by atoms with Gasteiger partial charge in [0.25, 0.3) is 5.88 Å². The third-order valence-corrected chi connectivity index (χ3v) is 5.02. The molecule has 0 aliphatic rings. The van der Waals surface area contributed by atoms with E-state index >= 15 is 0 Å². The minimum atomic E-state index is 0.0692. The van der Waals surface area contributed by atoms with Crippen LogP contribution in [0.25, 0.3) is 16.9 Å². The normalized spacial score (nSPS) is 11.2. The summed E-state index contributed by atoms with van der Waals surface area (Å²) < 4.78 is 8.42. The molecule has 0 aliphatic carbocycles. The van der Waals surface area contributed by atoms with Gasteiger partial charge in [0.2, 0.25) is 11.6 Å². The van der Waals surface area contributed by atoms with E-state index in [0.29, 0.717) is 5.89 Å². The van der Waals surface area contributed by atoms with Crippen LogP contribution >= 0.6 is 15.9 Å². The molecule has 2 aromatic carbocycles. The van der Waals surface area contributed by atoms with Crippen LogP contribution in [0.2, 0.25) is 0 Å². The Balaban J connectivity index is 1.68. The van der Waals surface area contributed by atoms with Gasteiger partial charge >= 0.3 is 0 Å². The molecule has 7 nitrogen and oxygen atoms in total. The number of anilines is 1. The molecule has 0 unspecified atom stereocenters. The second-order valence-corrected chi connectivity index (χ2v) is 8.00. The van der Waals surface area contributed by atoms with E-state index in [0.717, 1.165) is 27.0 Å². The molecule has 0 spiro atoms. The zero-order chi connectivity index (χ0) is 21.8. The predicted octanol–water partition coefficient (Wildman–Crippen LogP) is 5.73. The molecule has 0 amide bonds. The molecule has 154 valence electrons. The summed E-state index contributed by atoms with van der Waals surface area (Å²) in [5, 5.41) is 18.3. The Hall–Kier alpha value is -3.70. The molecular weight excluding hydrogens is 456 g/mol. The van der Waals surface area contributed by atoms with Gasteiger partial charge in [-0.2, -0.15) is 15.5 Å². The number of aromatic nitrogens is 3. The number of halogens is 1. The van der Waals surface area contributed by atoms with Crippen molar-refractivity contribution in [2.24, 2.45) is 5.10 Å². The molecule has 31 heavy (non-hydrogen) atoms. The van der Waals surface area contributed by atoms with Crippen LogP contribution in [-0.2, 0) is 0 Å². The Morgan fingerprint density at radius 3 is 2.58 bits per heavy atom. The van der Waals surface area contributed by atoms with E-state index in [1.165, 1.54) is 0 Å². The van der Waals surface area contributed by atoms with E-state index in [1.54, 1.807) is 6.21 Å². The van der Waals surface area contributed by atoms with Crippen LogP contribution in [0.4, 0.5) is 5.88 Å². The quantitative estimate of drug-likeness (QED) is 0.284. The Labute approximate surface area is 188 Å². The molecule has 0 saturated carbocycles. The molecule has 0 radical (unpaired) electrons. The van der Waals surface area contributed by atoms with Crippen LogP contribution in [-0.4, -0.2) is 21.0 Å². The number of nitriles is 1. The van der Waals surface area contributed by atoms with Crippen LogP contribution in [0.1, 0.15) is 36.9 Å². The Morgan fingerprint density at radius 1 is 1.16 bits per heavy atom. The first kappa shape index (κ1) is 20.6. The highest BCUT2D eigenvalue weighted by Gasteiger charge is 2.15. The lowest BCUT2D eigenvalue weighted by atomic mass is 10.1. The molecule has 0 atom stereocenters. The van der Waals surface area contributed by atoms with Crippen molar-refractivity contribution in [1.82, 2.24) is 14.8 Å². The molecule has 4 rings (SSSR count). The molecule has 2 aromatic heterocycles. The van der Waals surface area contributed by atoms with E-state index in [4.69, 9.17) is 9.52 Å². The number of hydrogen-bond acceptors (Lipinski definition) is 6. The maximum atomic E-state index is 9.29. The van der Waals surface area contributed by atoms with E-state index in [2.05, 4.69) is 31.4 Å². The van der Waals surface area contributed by atoms with E-state index in [1.807, 2.05) is 85.4 Å². The minimum absolute atomic E-state index is 0.0692. The zero-order valence-corrected chi connectivity index (χ0v) is 18.5. The van der Waals surface area contributed by atoms with Gasteiger partial charge in [-0.25, -0.2) is 15.1 Å². The van der Waals surface area contributed by atoms with Gasteiger partial charge in [0.05, 0.1) is 11.9 Å². The Morgan fingerprint density at radius 2 is 1.90 bits per heavy atom. The van der Waals surface area contributed by atoms with Gasteiger partial charge in [0, 0.05) is 27.7 Å². The number of oxazole rings is 1. The highest BCUT2D eigenvalue weighted by molar-refractivity contribution is 9.10. The topological polar surface area (TPSA) is 92.0 Å². The smallest absolute Gasteiger partial charge is 0.252 e. The zero-order valence-electron chi connectivity index (χ0n) is 17.0. The fourth-order valence-electron chi connectivity index (χ4n) is 2.92. The van der Waals surface area contributed by atoms with Gasteiger partial charge in [-0.1, -0.05) is 60.1 Å². The van der Waals surface area contributed by atoms with Crippen molar-refractivity contribution in [1.29, 1.82) is 5.26 Å². The van der Waals surface area contributed by atoms with Crippen molar-refractivity contribution < 1.29 is 4.42 Å². The maximum absolute atomic E-state index is 9.29. The molecule has 0 saturated heterocycles. The summed E-state index contributed by atoms with van der Waals surface area (Å²) in [5.41, 5.74) is 6.46. The summed E-state index contributed by atoms with van der Waals surface area (Å²) in [6, 6.07) is 19.8. The minimum Gasteiger partial charge on any atom is -0.422 e.